The minimum atomic E-state index is -1.30. The first kappa shape index (κ1) is 23.8. The molecule has 0 aliphatic rings. The number of halogens is 1. The van der Waals surface area contributed by atoms with Gasteiger partial charge in [-0.15, -0.1) is 0 Å². The molecule has 0 spiro atoms. The van der Waals surface area contributed by atoms with Gasteiger partial charge in [-0.1, -0.05) is 59.8 Å². The summed E-state index contributed by atoms with van der Waals surface area (Å²) in [5.41, 5.74) is 6.46. The molecule has 0 aliphatic heterocycles. The van der Waals surface area contributed by atoms with Crippen LogP contribution in [0.4, 0.5) is 4.39 Å². The number of aromatic nitrogens is 1. The van der Waals surface area contributed by atoms with E-state index >= 15 is 0 Å². The SMILES string of the molecule is Cc1cc(C(CC(c2ccc(-c3ccc(C(=O)O)c(F)c3)cc2)c2ccccc2C)=NO)ccn1. The van der Waals surface area contributed by atoms with E-state index in [0.717, 1.165) is 33.5 Å². The summed E-state index contributed by atoms with van der Waals surface area (Å²) < 4.78 is 14.2. The van der Waals surface area contributed by atoms with Crippen molar-refractivity contribution in [3.05, 3.63) is 124 Å². The van der Waals surface area contributed by atoms with Crippen LogP contribution in [0.5, 0.6) is 0 Å². The fourth-order valence-corrected chi connectivity index (χ4v) is 4.30. The Balaban J connectivity index is 1.71. The zero-order chi connectivity index (χ0) is 24.9. The molecular formula is C29H25FN2O3. The number of aryl methyl sites for hydroxylation is 2. The zero-order valence-corrected chi connectivity index (χ0v) is 19.4. The normalized spacial score (nSPS) is 12.4. The molecule has 4 rings (SSSR count). The molecule has 0 amide bonds. The third-order valence-electron chi connectivity index (χ3n) is 6.16. The van der Waals surface area contributed by atoms with Crippen molar-refractivity contribution in [1.82, 2.24) is 4.98 Å². The van der Waals surface area contributed by atoms with Gasteiger partial charge in [-0.3, -0.25) is 4.98 Å². The van der Waals surface area contributed by atoms with E-state index in [2.05, 4.69) is 29.2 Å². The second kappa shape index (κ2) is 10.3. The van der Waals surface area contributed by atoms with Gasteiger partial charge in [0.25, 0.3) is 0 Å². The van der Waals surface area contributed by atoms with Crippen LogP contribution in [0.25, 0.3) is 11.1 Å². The molecular weight excluding hydrogens is 443 g/mol. The van der Waals surface area contributed by atoms with E-state index in [1.54, 1.807) is 12.3 Å². The molecule has 6 heteroatoms. The van der Waals surface area contributed by atoms with Crippen molar-refractivity contribution < 1.29 is 19.5 Å². The number of carboxylic acid groups (broad SMARTS) is 1. The van der Waals surface area contributed by atoms with Crippen LogP contribution in [0.1, 0.15) is 50.6 Å². The van der Waals surface area contributed by atoms with Crippen LogP contribution in [0.3, 0.4) is 0 Å². The number of pyridine rings is 1. The number of rotatable bonds is 7. The van der Waals surface area contributed by atoms with Crippen LogP contribution in [0.15, 0.2) is 90.2 Å². The van der Waals surface area contributed by atoms with Crippen LogP contribution in [-0.4, -0.2) is 27.0 Å². The second-order valence-corrected chi connectivity index (χ2v) is 8.47. The first-order valence-electron chi connectivity index (χ1n) is 11.2. The van der Waals surface area contributed by atoms with Crippen molar-refractivity contribution >= 4 is 11.7 Å². The van der Waals surface area contributed by atoms with Gasteiger partial charge in [0.05, 0.1) is 11.3 Å². The highest BCUT2D eigenvalue weighted by atomic mass is 19.1. The Morgan fingerprint density at radius 1 is 0.971 bits per heavy atom. The molecule has 0 aliphatic carbocycles. The van der Waals surface area contributed by atoms with Crippen molar-refractivity contribution in [2.45, 2.75) is 26.2 Å². The Bertz CT molecular complexity index is 1400. The van der Waals surface area contributed by atoms with Crippen molar-refractivity contribution in [3.63, 3.8) is 0 Å². The van der Waals surface area contributed by atoms with Gasteiger partial charge in [-0.05, 0) is 65.9 Å². The van der Waals surface area contributed by atoms with Crippen LogP contribution >= 0.6 is 0 Å². The molecule has 1 unspecified atom stereocenters. The summed E-state index contributed by atoms with van der Waals surface area (Å²) in [7, 11) is 0. The van der Waals surface area contributed by atoms with Gasteiger partial charge in [-0.25, -0.2) is 9.18 Å². The van der Waals surface area contributed by atoms with Crippen molar-refractivity contribution in [2.24, 2.45) is 5.16 Å². The van der Waals surface area contributed by atoms with Gasteiger partial charge >= 0.3 is 5.97 Å². The molecule has 176 valence electrons. The number of benzene rings is 3. The van der Waals surface area contributed by atoms with E-state index in [0.29, 0.717) is 17.7 Å². The smallest absolute Gasteiger partial charge is 0.338 e. The van der Waals surface area contributed by atoms with E-state index < -0.39 is 11.8 Å². The number of hydrogen-bond acceptors (Lipinski definition) is 4. The van der Waals surface area contributed by atoms with E-state index in [1.165, 1.54) is 12.1 Å². The molecule has 0 saturated carbocycles. The molecule has 3 aromatic carbocycles. The fraction of sp³-hybridized carbons (Fsp3) is 0.138. The molecule has 1 heterocycles. The first-order chi connectivity index (χ1) is 16.9. The third-order valence-corrected chi connectivity index (χ3v) is 6.16. The molecule has 0 saturated heterocycles. The average Bonchev–Trinajstić information content (AvgIpc) is 2.85. The van der Waals surface area contributed by atoms with Crippen LogP contribution in [0.2, 0.25) is 0 Å². The summed E-state index contributed by atoms with van der Waals surface area (Å²) in [6, 6.07) is 23.7. The quantitative estimate of drug-likeness (QED) is 0.182. The number of oxime groups is 1. The number of carboxylic acids is 1. The third kappa shape index (κ3) is 5.27. The molecule has 2 N–H and O–H groups in total. The Labute approximate surface area is 203 Å². The lowest BCUT2D eigenvalue weighted by Crippen LogP contribution is -2.12. The predicted octanol–water partition coefficient (Wildman–Crippen LogP) is 6.60. The topological polar surface area (TPSA) is 82.8 Å². The summed E-state index contributed by atoms with van der Waals surface area (Å²) in [4.78, 5) is 15.3. The first-order valence-corrected chi connectivity index (χ1v) is 11.2. The van der Waals surface area contributed by atoms with Crippen LogP contribution in [-0.2, 0) is 0 Å². The lowest BCUT2D eigenvalue weighted by Gasteiger charge is -2.21. The van der Waals surface area contributed by atoms with Gasteiger partial charge < -0.3 is 10.3 Å². The average molecular weight is 469 g/mol. The summed E-state index contributed by atoms with van der Waals surface area (Å²) in [6.07, 6.45) is 2.16. The van der Waals surface area contributed by atoms with Crippen LogP contribution < -0.4 is 0 Å². The summed E-state index contributed by atoms with van der Waals surface area (Å²) in [6.45, 7) is 3.94. The zero-order valence-electron chi connectivity index (χ0n) is 19.4. The summed E-state index contributed by atoms with van der Waals surface area (Å²) in [5, 5.41) is 22.5. The second-order valence-electron chi connectivity index (χ2n) is 8.47. The van der Waals surface area contributed by atoms with Gasteiger partial charge in [-0.2, -0.15) is 0 Å². The molecule has 0 radical (unpaired) electrons. The lowest BCUT2D eigenvalue weighted by molar-refractivity contribution is 0.0692. The molecule has 1 atom stereocenters. The van der Waals surface area contributed by atoms with E-state index in [-0.39, 0.29) is 11.5 Å². The van der Waals surface area contributed by atoms with Crippen molar-refractivity contribution in [2.75, 3.05) is 0 Å². The predicted molar refractivity (Wildman–Crippen MR) is 134 cm³/mol. The van der Waals surface area contributed by atoms with Gasteiger partial charge in [0.1, 0.15) is 5.82 Å². The van der Waals surface area contributed by atoms with E-state index in [9.17, 15) is 14.4 Å². The molecule has 35 heavy (non-hydrogen) atoms. The maximum absolute atomic E-state index is 14.2. The number of aromatic carboxylic acids is 1. The maximum atomic E-state index is 14.2. The standard InChI is InChI=1S/C29H25FN2O3/c1-18-5-3-4-6-24(18)26(17-28(32-35)23-13-14-31-19(2)15-23)21-9-7-20(8-10-21)22-11-12-25(29(33)34)27(30)16-22/h3-16,26,35H,17H2,1-2H3,(H,33,34). The number of carbonyl (C=O) groups is 1. The summed E-state index contributed by atoms with van der Waals surface area (Å²) in [5.74, 6) is -2.15. The maximum Gasteiger partial charge on any atom is 0.338 e. The Hall–Kier alpha value is -4.32. The van der Waals surface area contributed by atoms with Gasteiger partial charge in [0.15, 0.2) is 0 Å². The highest BCUT2D eigenvalue weighted by Gasteiger charge is 2.21. The largest absolute Gasteiger partial charge is 0.478 e. The van der Waals surface area contributed by atoms with E-state index in [1.807, 2.05) is 55.5 Å². The minimum Gasteiger partial charge on any atom is -0.478 e. The molecule has 5 nitrogen and oxygen atoms in total. The van der Waals surface area contributed by atoms with Crippen molar-refractivity contribution in [1.29, 1.82) is 0 Å². The molecule has 0 bridgehead atoms. The van der Waals surface area contributed by atoms with E-state index in [4.69, 9.17) is 5.11 Å². The Morgan fingerprint density at radius 3 is 2.31 bits per heavy atom. The highest BCUT2D eigenvalue weighted by Crippen LogP contribution is 2.33. The minimum absolute atomic E-state index is 0.0873. The monoisotopic (exact) mass is 468 g/mol. The number of hydrogen-bond donors (Lipinski definition) is 2. The van der Waals surface area contributed by atoms with Gasteiger partial charge in [0, 0.05) is 29.8 Å². The molecule has 1 aromatic heterocycles. The van der Waals surface area contributed by atoms with Gasteiger partial charge in [0.2, 0.25) is 0 Å². The molecule has 4 aromatic rings. The Morgan fingerprint density at radius 2 is 1.69 bits per heavy atom. The highest BCUT2D eigenvalue weighted by molar-refractivity contribution is 6.01. The lowest BCUT2D eigenvalue weighted by atomic mass is 9.83. The molecule has 0 fully saturated rings. The number of nitrogens with zero attached hydrogens (tertiary/aromatic N) is 2. The van der Waals surface area contributed by atoms with Crippen molar-refractivity contribution in [3.8, 4) is 11.1 Å². The van der Waals surface area contributed by atoms with Crippen LogP contribution in [0, 0.1) is 19.7 Å². The fourth-order valence-electron chi connectivity index (χ4n) is 4.30. The summed E-state index contributed by atoms with van der Waals surface area (Å²) >= 11 is 0. The Kier molecular flexibility index (Phi) is 7.01.